The fourth-order valence-electron chi connectivity index (χ4n) is 1.73. The minimum Gasteiger partial charge on any atom is -0.314 e. The quantitative estimate of drug-likeness (QED) is 0.714. The SMILES string of the molecule is C1=CC=CC(CN2CCNCC2)=CC=1.CC. The van der Waals surface area contributed by atoms with Crippen molar-refractivity contribution in [2.75, 3.05) is 32.7 Å². The number of allylic oxidation sites excluding steroid dienone is 3. The Hall–Kier alpha value is -1.08. The molecule has 0 radical (unpaired) electrons. The third kappa shape index (κ3) is 4.63. The van der Waals surface area contributed by atoms with Gasteiger partial charge in [0.15, 0.2) is 0 Å². The van der Waals surface area contributed by atoms with Gasteiger partial charge in [-0.15, -0.1) is 5.73 Å². The van der Waals surface area contributed by atoms with Crippen LogP contribution >= 0.6 is 0 Å². The molecule has 16 heavy (non-hydrogen) atoms. The Morgan fingerprint density at radius 3 is 2.75 bits per heavy atom. The molecular weight excluding hydrogens is 196 g/mol. The summed E-state index contributed by atoms with van der Waals surface area (Å²) in [6.07, 6.45) is 10.3. The number of piperazine rings is 1. The van der Waals surface area contributed by atoms with E-state index in [9.17, 15) is 0 Å². The predicted molar refractivity (Wildman–Crippen MR) is 70.5 cm³/mol. The van der Waals surface area contributed by atoms with Crippen molar-refractivity contribution in [1.82, 2.24) is 10.2 Å². The first-order valence-corrected chi connectivity index (χ1v) is 6.16. The van der Waals surface area contributed by atoms with E-state index in [-0.39, 0.29) is 0 Å². The lowest BCUT2D eigenvalue weighted by Crippen LogP contribution is -2.44. The third-order valence-corrected chi connectivity index (χ3v) is 2.51. The van der Waals surface area contributed by atoms with Gasteiger partial charge in [0.1, 0.15) is 0 Å². The molecule has 2 rings (SSSR count). The van der Waals surface area contributed by atoms with Crippen LogP contribution in [0, 0.1) is 0 Å². The monoisotopic (exact) mass is 218 g/mol. The molecule has 0 atom stereocenters. The first-order chi connectivity index (χ1) is 7.95. The van der Waals surface area contributed by atoms with Crippen molar-refractivity contribution in [2.24, 2.45) is 0 Å². The molecular formula is C14H22N2. The highest BCUT2D eigenvalue weighted by atomic mass is 15.2. The Bertz CT molecular complexity index is 301. The highest BCUT2D eigenvalue weighted by molar-refractivity contribution is 5.30. The second-order valence-electron chi connectivity index (χ2n) is 3.63. The topological polar surface area (TPSA) is 15.3 Å². The van der Waals surface area contributed by atoms with Crippen LogP contribution in [0.3, 0.4) is 0 Å². The van der Waals surface area contributed by atoms with Gasteiger partial charge in [-0.25, -0.2) is 0 Å². The summed E-state index contributed by atoms with van der Waals surface area (Å²) in [5.74, 6) is 0. The van der Waals surface area contributed by atoms with Crippen LogP contribution < -0.4 is 5.32 Å². The average molecular weight is 218 g/mol. The highest BCUT2D eigenvalue weighted by Gasteiger charge is 2.09. The number of hydrogen-bond donors (Lipinski definition) is 1. The number of rotatable bonds is 2. The molecule has 0 aromatic heterocycles. The fraction of sp³-hybridized carbons (Fsp3) is 0.500. The van der Waals surface area contributed by atoms with E-state index in [1.165, 1.54) is 5.57 Å². The van der Waals surface area contributed by atoms with Crippen LogP contribution in [0.1, 0.15) is 13.8 Å². The molecule has 2 heteroatoms. The first kappa shape index (κ1) is 13.0. The van der Waals surface area contributed by atoms with Crippen LogP contribution in [-0.4, -0.2) is 37.6 Å². The van der Waals surface area contributed by atoms with Crippen molar-refractivity contribution in [3.05, 3.63) is 41.7 Å². The van der Waals surface area contributed by atoms with Gasteiger partial charge in [-0.2, -0.15) is 0 Å². The molecule has 1 aliphatic heterocycles. The predicted octanol–water partition coefficient (Wildman–Crippen LogP) is 2.13. The Morgan fingerprint density at radius 1 is 1.25 bits per heavy atom. The van der Waals surface area contributed by atoms with Gasteiger partial charge in [-0.3, -0.25) is 4.90 Å². The van der Waals surface area contributed by atoms with Crippen LogP contribution in [0.25, 0.3) is 0 Å². The highest BCUT2D eigenvalue weighted by Crippen LogP contribution is 2.05. The van der Waals surface area contributed by atoms with Crippen molar-refractivity contribution >= 4 is 0 Å². The minimum absolute atomic E-state index is 1.06. The van der Waals surface area contributed by atoms with Gasteiger partial charge in [0.05, 0.1) is 0 Å². The summed E-state index contributed by atoms with van der Waals surface area (Å²) < 4.78 is 0. The summed E-state index contributed by atoms with van der Waals surface area (Å²) in [5, 5.41) is 3.36. The molecule has 88 valence electrons. The molecule has 0 spiro atoms. The Balaban J connectivity index is 0.000000606. The molecule has 0 aromatic carbocycles. The Morgan fingerprint density at radius 2 is 2.00 bits per heavy atom. The van der Waals surface area contributed by atoms with Gasteiger partial charge in [0.25, 0.3) is 0 Å². The minimum atomic E-state index is 1.06. The van der Waals surface area contributed by atoms with Gasteiger partial charge in [0.2, 0.25) is 0 Å². The molecule has 2 nitrogen and oxygen atoms in total. The normalized spacial score (nSPS) is 19.8. The van der Waals surface area contributed by atoms with Crippen LogP contribution in [0.5, 0.6) is 0 Å². The second kappa shape index (κ2) is 8.12. The standard InChI is InChI=1S/C12H16N2.C2H6/c1-2-4-6-12(5-3-1)11-14-9-7-13-8-10-14;1-2/h1,3-6,13H,7-11H2;1-2H3. The summed E-state index contributed by atoms with van der Waals surface area (Å²) in [5.41, 5.74) is 4.44. The van der Waals surface area contributed by atoms with E-state index in [1.54, 1.807) is 0 Å². The zero-order valence-electron chi connectivity index (χ0n) is 10.4. The second-order valence-corrected chi connectivity index (χ2v) is 3.63. The van der Waals surface area contributed by atoms with E-state index >= 15 is 0 Å². The van der Waals surface area contributed by atoms with Crippen molar-refractivity contribution in [3.63, 3.8) is 0 Å². The molecule has 1 heterocycles. The van der Waals surface area contributed by atoms with Gasteiger partial charge >= 0.3 is 0 Å². The Kier molecular flexibility index (Phi) is 6.59. The molecule has 0 amide bonds. The molecule has 0 unspecified atom stereocenters. The molecule has 0 aromatic rings. The van der Waals surface area contributed by atoms with E-state index in [4.69, 9.17) is 0 Å². The van der Waals surface area contributed by atoms with Crippen molar-refractivity contribution in [1.29, 1.82) is 0 Å². The number of nitrogens with one attached hydrogen (secondary N) is 1. The van der Waals surface area contributed by atoms with Gasteiger partial charge in [-0.1, -0.05) is 26.0 Å². The summed E-state index contributed by atoms with van der Waals surface area (Å²) in [6, 6.07) is 0. The van der Waals surface area contributed by atoms with Crippen molar-refractivity contribution in [2.45, 2.75) is 13.8 Å². The lowest BCUT2D eigenvalue weighted by Gasteiger charge is -2.27. The maximum absolute atomic E-state index is 3.36. The number of hydrogen-bond acceptors (Lipinski definition) is 2. The average Bonchev–Trinajstić information content (AvgIpc) is 2.62. The zero-order chi connectivity index (χ0) is 11.6. The van der Waals surface area contributed by atoms with E-state index in [0.29, 0.717) is 0 Å². The smallest absolute Gasteiger partial charge is 0.0235 e. The number of nitrogens with zero attached hydrogens (tertiary/aromatic N) is 1. The molecule has 2 aliphatic rings. The summed E-state index contributed by atoms with van der Waals surface area (Å²) >= 11 is 0. The van der Waals surface area contributed by atoms with Crippen LogP contribution in [0.4, 0.5) is 0 Å². The summed E-state index contributed by atoms with van der Waals surface area (Å²) in [7, 11) is 0. The van der Waals surface area contributed by atoms with E-state index in [2.05, 4.69) is 34.2 Å². The lowest BCUT2D eigenvalue weighted by atomic mass is 10.2. The third-order valence-electron chi connectivity index (χ3n) is 2.51. The van der Waals surface area contributed by atoms with Gasteiger partial charge in [-0.05, 0) is 23.8 Å². The first-order valence-electron chi connectivity index (χ1n) is 6.16. The molecule has 1 N–H and O–H groups in total. The largest absolute Gasteiger partial charge is 0.314 e. The molecule has 1 saturated heterocycles. The summed E-state index contributed by atoms with van der Waals surface area (Å²) in [4.78, 5) is 2.48. The lowest BCUT2D eigenvalue weighted by molar-refractivity contribution is 0.261. The van der Waals surface area contributed by atoms with Crippen molar-refractivity contribution < 1.29 is 0 Å². The summed E-state index contributed by atoms with van der Waals surface area (Å²) in [6.45, 7) is 9.60. The fourth-order valence-corrected chi connectivity index (χ4v) is 1.73. The van der Waals surface area contributed by atoms with E-state index in [1.807, 2.05) is 26.0 Å². The maximum Gasteiger partial charge on any atom is 0.0235 e. The Labute approximate surface area is 99.0 Å². The van der Waals surface area contributed by atoms with Gasteiger partial charge < -0.3 is 5.32 Å². The van der Waals surface area contributed by atoms with Crippen LogP contribution in [0.2, 0.25) is 0 Å². The van der Waals surface area contributed by atoms with Crippen molar-refractivity contribution in [3.8, 4) is 0 Å². The molecule has 1 fully saturated rings. The van der Waals surface area contributed by atoms with E-state index in [0.717, 1.165) is 32.7 Å². The molecule has 0 saturated carbocycles. The van der Waals surface area contributed by atoms with Crippen LogP contribution in [0.15, 0.2) is 41.7 Å². The van der Waals surface area contributed by atoms with E-state index < -0.39 is 0 Å². The van der Waals surface area contributed by atoms with Crippen LogP contribution in [-0.2, 0) is 0 Å². The maximum atomic E-state index is 3.36. The molecule has 1 aliphatic carbocycles. The zero-order valence-corrected chi connectivity index (χ0v) is 10.4. The molecule has 0 bridgehead atoms. The van der Waals surface area contributed by atoms with Gasteiger partial charge in [0, 0.05) is 32.7 Å².